The number of hydrogen-bond donors (Lipinski definition) is 3. The van der Waals surface area contributed by atoms with Gasteiger partial charge in [-0.05, 0) is 42.8 Å². The van der Waals surface area contributed by atoms with Gasteiger partial charge in [-0.2, -0.15) is 5.21 Å². The van der Waals surface area contributed by atoms with Crippen molar-refractivity contribution >= 4 is 22.7 Å². The Kier molecular flexibility index (Phi) is 6.29. The first-order chi connectivity index (χ1) is 15.1. The van der Waals surface area contributed by atoms with E-state index in [0.717, 1.165) is 43.0 Å². The van der Waals surface area contributed by atoms with Crippen molar-refractivity contribution in [2.24, 2.45) is 7.05 Å². The number of carbonyl (C=O) groups is 2. The lowest BCUT2D eigenvalue weighted by Crippen LogP contribution is -2.50. The van der Waals surface area contributed by atoms with Gasteiger partial charge in [0.25, 0.3) is 5.91 Å². The molecule has 0 spiro atoms. The molecule has 3 atom stereocenters. The number of carbonyl (C=O) groups excluding carboxylic acids is 2. The van der Waals surface area contributed by atoms with E-state index in [-0.39, 0.29) is 23.8 Å². The molecule has 9 heteroatoms. The molecule has 1 aliphatic carbocycles. The van der Waals surface area contributed by atoms with Crippen LogP contribution in [0.3, 0.4) is 0 Å². The van der Waals surface area contributed by atoms with Gasteiger partial charge in [-0.15, -0.1) is 10.2 Å². The summed E-state index contributed by atoms with van der Waals surface area (Å²) in [4.78, 5) is 26.1. The topological polar surface area (TPSA) is 118 Å². The molecule has 3 aromatic rings. The molecule has 1 fully saturated rings. The predicted octanol–water partition coefficient (Wildman–Crippen LogP) is 2.43. The summed E-state index contributed by atoms with van der Waals surface area (Å²) >= 11 is 0. The lowest BCUT2D eigenvalue weighted by molar-refractivity contribution is -0.124. The molecule has 2 heterocycles. The number of nitrogens with one attached hydrogen (secondary N) is 3. The normalized spacial score (nSPS) is 19.4. The summed E-state index contributed by atoms with van der Waals surface area (Å²) in [5, 5.41) is 21.5. The quantitative estimate of drug-likeness (QED) is 0.514. The minimum atomic E-state index is -0.580. The van der Waals surface area contributed by atoms with Gasteiger partial charge in [0.15, 0.2) is 5.82 Å². The van der Waals surface area contributed by atoms with Gasteiger partial charge >= 0.3 is 0 Å². The fourth-order valence-corrected chi connectivity index (χ4v) is 4.37. The first-order valence-corrected chi connectivity index (χ1v) is 11.0. The van der Waals surface area contributed by atoms with Gasteiger partial charge in [-0.25, -0.2) is 0 Å². The largest absolute Gasteiger partial charge is 0.351 e. The van der Waals surface area contributed by atoms with E-state index in [1.54, 1.807) is 6.07 Å². The Hall–Kier alpha value is -3.23. The SMILES string of the molecule is CCCC[C@H](NC(=O)c1ccc2ccn(C)c2c1)C(=O)N[C@H]1CCC[C@H]1c1nn[nH]n1. The highest BCUT2D eigenvalue weighted by Gasteiger charge is 2.34. The van der Waals surface area contributed by atoms with Crippen molar-refractivity contribution in [1.29, 1.82) is 0 Å². The molecule has 1 aliphatic rings. The number of rotatable bonds is 8. The highest BCUT2D eigenvalue weighted by Crippen LogP contribution is 2.32. The van der Waals surface area contributed by atoms with Gasteiger partial charge in [0, 0.05) is 36.3 Å². The van der Waals surface area contributed by atoms with Crippen molar-refractivity contribution in [2.75, 3.05) is 0 Å². The lowest BCUT2D eigenvalue weighted by atomic mass is 10.0. The van der Waals surface area contributed by atoms with Crippen LogP contribution in [0.5, 0.6) is 0 Å². The molecule has 0 radical (unpaired) electrons. The zero-order chi connectivity index (χ0) is 21.8. The van der Waals surface area contributed by atoms with E-state index in [4.69, 9.17) is 0 Å². The highest BCUT2D eigenvalue weighted by atomic mass is 16.2. The maximum atomic E-state index is 13.1. The number of tetrazole rings is 1. The van der Waals surface area contributed by atoms with Crippen molar-refractivity contribution in [3.8, 4) is 0 Å². The van der Waals surface area contributed by atoms with E-state index in [0.29, 0.717) is 17.8 Å². The maximum Gasteiger partial charge on any atom is 0.252 e. The molecule has 0 saturated heterocycles. The molecule has 3 N–H and O–H groups in total. The third kappa shape index (κ3) is 4.60. The fraction of sp³-hybridized carbons (Fsp3) is 0.500. The molecule has 164 valence electrons. The van der Waals surface area contributed by atoms with Crippen LogP contribution in [0.2, 0.25) is 0 Å². The minimum Gasteiger partial charge on any atom is -0.351 e. The Bertz CT molecular complexity index is 1040. The van der Waals surface area contributed by atoms with Crippen LogP contribution in [0.1, 0.15) is 67.5 Å². The number of amides is 2. The zero-order valence-electron chi connectivity index (χ0n) is 18.0. The van der Waals surface area contributed by atoms with Crippen molar-refractivity contribution in [1.82, 2.24) is 35.8 Å². The van der Waals surface area contributed by atoms with E-state index >= 15 is 0 Å². The van der Waals surface area contributed by atoms with Crippen molar-refractivity contribution in [3.63, 3.8) is 0 Å². The number of unbranched alkanes of at least 4 members (excludes halogenated alkanes) is 1. The summed E-state index contributed by atoms with van der Waals surface area (Å²) in [7, 11) is 1.95. The molecule has 1 saturated carbocycles. The first-order valence-electron chi connectivity index (χ1n) is 11.0. The lowest BCUT2D eigenvalue weighted by Gasteiger charge is -2.23. The molecule has 1 aromatic carbocycles. The molecule has 0 aliphatic heterocycles. The Morgan fingerprint density at radius 2 is 2.16 bits per heavy atom. The second kappa shape index (κ2) is 9.28. The molecular formula is C22H29N7O2. The van der Waals surface area contributed by atoms with Crippen LogP contribution in [0.4, 0.5) is 0 Å². The van der Waals surface area contributed by atoms with E-state index < -0.39 is 6.04 Å². The number of H-pyrrole nitrogens is 1. The van der Waals surface area contributed by atoms with Gasteiger partial charge in [-0.3, -0.25) is 9.59 Å². The molecule has 4 rings (SSSR count). The van der Waals surface area contributed by atoms with E-state index in [1.165, 1.54) is 0 Å². The molecule has 0 unspecified atom stereocenters. The Morgan fingerprint density at radius 1 is 1.29 bits per heavy atom. The second-order valence-corrected chi connectivity index (χ2v) is 8.29. The van der Waals surface area contributed by atoms with Crippen molar-refractivity contribution in [2.45, 2.75) is 63.5 Å². The summed E-state index contributed by atoms with van der Waals surface area (Å²) in [6.45, 7) is 2.07. The Balaban J connectivity index is 1.46. The van der Waals surface area contributed by atoms with Crippen molar-refractivity contribution < 1.29 is 9.59 Å². The smallest absolute Gasteiger partial charge is 0.252 e. The number of nitrogens with zero attached hydrogens (tertiary/aromatic N) is 4. The summed E-state index contributed by atoms with van der Waals surface area (Å²) in [6, 6.07) is 6.97. The van der Waals surface area contributed by atoms with Crippen LogP contribution in [-0.4, -0.2) is 49.1 Å². The van der Waals surface area contributed by atoms with Crippen LogP contribution >= 0.6 is 0 Å². The van der Waals surface area contributed by atoms with Gasteiger partial charge in [0.2, 0.25) is 5.91 Å². The molecule has 31 heavy (non-hydrogen) atoms. The number of aromatic nitrogens is 5. The van der Waals surface area contributed by atoms with Crippen LogP contribution in [-0.2, 0) is 11.8 Å². The number of benzene rings is 1. The van der Waals surface area contributed by atoms with E-state index in [1.807, 2.05) is 36.0 Å². The van der Waals surface area contributed by atoms with E-state index in [2.05, 4.69) is 38.2 Å². The fourth-order valence-electron chi connectivity index (χ4n) is 4.37. The van der Waals surface area contributed by atoms with Crippen LogP contribution in [0, 0.1) is 0 Å². The Labute approximate surface area is 181 Å². The van der Waals surface area contributed by atoms with Crippen molar-refractivity contribution in [3.05, 3.63) is 41.9 Å². The number of fused-ring (bicyclic) bond motifs is 1. The zero-order valence-corrected chi connectivity index (χ0v) is 18.0. The van der Waals surface area contributed by atoms with Crippen LogP contribution in [0.15, 0.2) is 30.5 Å². The van der Waals surface area contributed by atoms with Crippen LogP contribution < -0.4 is 10.6 Å². The molecule has 2 amide bonds. The maximum absolute atomic E-state index is 13.1. The monoisotopic (exact) mass is 423 g/mol. The van der Waals surface area contributed by atoms with Gasteiger partial charge in [0.05, 0.1) is 0 Å². The van der Waals surface area contributed by atoms with Gasteiger partial charge < -0.3 is 15.2 Å². The first kappa shape index (κ1) is 21.0. The summed E-state index contributed by atoms with van der Waals surface area (Å²) in [5.74, 6) is 0.292. The summed E-state index contributed by atoms with van der Waals surface area (Å²) in [5.41, 5.74) is 1.53. The number of aryl methyl sites for hydroxylation is 1. The number of hydrogen-bond acceptors (Lipinski definition) is 5. The average molecular weight is 424 g/mol. The molecular weight excluding hydrogens is 394 g/mol. The molecule has 2 aromatic heterocycles. The standard InChI is InChI=1S/C22H29N7O2/c1-3-4-7-18(22(31)23-17-8-5-6-16(17)20-25-27-28-26-20)24-21(30)15-10-9-14-11-12-29(2)19(14)13-15/h9-13,16-18H,3-8H2,1-2H3,(H,23,31)(H,24,30)(H,25,26,27,28)/t16-,17+,18+/m1/s1. The third-order valence-electron chi connectivity index (χ3n) is 6.16. The third-order valence-corrected chi connectivity index (χ3v) is 6.16. The van der Waals surface area contributed by atoms with E-state index in [9.17, 15) is 9.59 Å². The average Bonchev–Trinajstić information content (AvgIpc) is 3.52. The van der Waals surface area contributed by atoms with Gasteiger partial charge in [0.1, 0.15) is 6.04 Å². The second-order valence-electron chi connectivity index (χ2n) is 8.29. The number of aromatic amines is 1. The minimum absolute atomic E-state index is 0.0463. The van der Waals surface area contributed by atoms with Gasteiger partial charge in [-0.1, -0.05) is 37.5 Å². The van der Waals surface area contributed by atoms with Crippen LogP contribution in [0.25, 0.3) is 10.9 Å². The summed E-state index contributed by atoms with van der Waals surface area (Å²) in [6.07, 6.45) is 7.13. The predicted molar refractivity (Wildman–Crippen MR) is 116 cm³/mol. The molecule has 0 bridgehead atoms. The highest BCUT2D eigenvalue weighted by molar-refractivity contribution is 6.00. The Morgan fingerprint density at radius 3 is 2.94 bits per heavy atom. The molecule has 9 nitrogen and oxygen atoms in total. The summed E-state index contributed by atoms with van der Waals surface area (Å²) < 4.78 is 1.98.